The Morgan fingerprint density at radius 1 is 1.16 bits per heavy atom. The number of carbonyl (C=O) groups excluding carboxylic acids is 1. The topological polar surface area (TPSA) is 106 Å². The summed E-state index contributed by atoms with van der Waals surface area (Å²) in [5, 5.41) is 20.9. The molecular weight excluding hydrogens is 349 g/mol. The minimum Gasteiger partial charge on any atom is -0.393 e. The lowest BCUT2D eigenvalue weighted by atomic mass is 10.1. The number of aliphatic hydroxyl groups excluding tert-OH is 2. The number of hydroxylamine groups is 2. The van der Waals surface area contributed by atoms with Crippen LogP contribution in [0.4, 0.5) is 0 Å². The van der Waals surface area contributed by atoms with E-state index in [-0.39, 0.29) is 32.2 Å². The number of aliphatic hydroxyl groups is 2. The molecule has 0 radical (unpaired) electrons. The molecule has 0 aromatic heterocycles. The van der Waals surface area contributed by atoms with Crippen molar-refractivity contribution in [3.05, 3.63) is 35.9 Å². The molecule has 1 amide bonds. The van der Waals surface area contributed by atoms with E-state index in [1.54, 1.807) is 0 Å². The van der Waals surface area contributed by atoms with Crippen LogP contribution in [0.25, 0.3) is 0 Å². The van der Waals surface area contributed by atoms with Gasteiger partial charge in [-0.15, -0.1) is 0 Å². The van der Waals surface area contributed by atoms with Gasteiger partial charge >= 0.3 is 7.60 Å². The standard InChI is InChI=1S/C16H26NO7P/c1-22-25(21,23-2)9-8-15(19)10-16(20)11-17(13-18)24-12-14-6-4-3-5-7-14/h3-7,13,15-16,19-20H,8-12H2,1-2H3/t15-,16-/m1/s1. The summed E-state index contributed by atoms with van der Waals surface area (Å²) in [6.45, 7) is 0.110. The highest BCUT2D eigenvalue weighted by Gasteiger charge is 2.24. The van der Waals surface area contributed by atoms with Crippen molar-refractivity contribution in [2.45, 2.75) is 31.7 Å². The van der Waals surface area contributed by atoms with Crippen LogP contribution < -0.4 is 0 Å². The molecule has 1 aromatic carbocycles. The number of amides is 1. The van der Waals surface area contributed by atoms with Crippen LogP contribution >= 0.6 is 7.60 Å². The minimum atomic E-state index is -3.19. The van der Waals surface area contributed by atoms with Gasteiger partial charge in [-0.3, -0.25) is 14.2 Å². The maximum atomic E-state index is 11.9. The second-order valence-electron chi connectivity index (χ2n) is 5.50. The van der Waals surface area contributed by atoms with Crippen LogP contribution in [0.15, 0.2) is 30.3 Å². The molecule has 0 aliphatic heterocycles. The molecule has 0 saturated carbocycles. The van der Waals surface area contributed by atoms with E-state index in [2.05, 4.69) is 0 Å². The second kappa shape index (κ2) is 11.4. The lowest BCUT2D eigenvalue weighted by Gasteiger charge is -2.22. The van der Waals surface area contributed by atoms with Crippen LogP contribution in [-0.2, 0) is 29.9 Å². The van der Waals surface area contributed by atoms with Gasteiger partial charge in [0.05, 0.1) is 24.9 Å². The average Bonchev–Trinajstić information content (AvgIpc) is 2.64. The van der Waals surface area contributed by atoms with Crippen molar-refractivity contribution in [2.75, 3.05) is 26.9 Å². The van der Waals surface area contributed by atoms with Gasteiger partial charge in [-0.1, -0.05) is 30.3 Å². The Hall–Kier alpha value is -1.28. The predicted molar refractivity (Wildman–Crippen MR) is 91.7 cm³/mol. The Labute approximate surface area is 147 Å². The van der Waals surface area contributed by atoms with Crippen LogP contribution in [0, 0.1) is 0 Å². The van der Waals surface area contributed by atoms with E-state index in [1.807, 2.05) is 30.3 Å². The Bertz CT molecular complexity index is 535. The molecule has 0 fully saturated rings. The maximum absolute atomic E-state index is 11.9. The number of nitrogens with zero attached hydrogens (tertiary/aromatic N) is 1. The summed E-state index contributed by atoms with van der Waals surface area (Å²) in [7, 11) is -0.639. The first-order valence-corrected chi connectivity index (χ1v) is 9.60. The molecule has 2 N–H and O–H groups in total. The molecule has 1 rings (SSSR count). The molecule has 25 heavy (non-hydrogen) atoms. The van der Waals surface area contributed by atoms with Crippen molar-refractivity contribution in [3.63, 3.8) is 0 Å². The lowest BCUT2D eigenvalue weighted by Crippen LogP contribution is -2.33. The van der Waals surface area contributed by atoms with Gasteiger partial charge < -0.3 is 19.3 Å². The van der Waals surface area contributed by atoms with E-state index in [0.717, 1.165) is 10.6 Å². The van der Waals surface area contributed by atoms with Gasteiger partial charge in [-0.05, 0) is 12.0 Å². The molecule has 0 aliphatic rings. The third-order valence-corrected chi connectivity index (χ3v) is 5.50. The number of hydrogen-bond acceptors (Lipinski definition) is 7. The fraction of sp³-hybridized carbons (Fsp3) is 0.562. The first-order valence-electron chi connectivity index (χ1n) is 7.88. The van der Waals surface area contributed by atoms with E-state index in [0.29, 0.717) is 6.41 Å². The largest absolute Gasteiger partial charge is 0.393 e. The number of rotatable bonds is 13. The summed E-state index contributed by atoms with van der Waals surface area (Å²) < 4.78 is 21.5. The fourth-order valence-corrected chi connectivity index (χ4v) is 3.26. The molecule has 0 aliphatic carbocycles. The molecule has 0 unspecified atom stereocenters. The van der Waals surface area contributed by atoms with Crippen molar-refractivity contribution in [2.24, 2.45) is 0 Å². The van der Waals surface area contributed by atoms with Gasteiger partial charge in [0, 0.05) is 20.6 Å². The van der Waals surface area contributed by atoms with Gasteiger partial charge in [0.2, 0.25) is 6.41 Å². The summed E-state index contributed by atoms with van der Waals surface area (Å²) in [5.41, 5.74) is 0.888. The second-order valence-corrected chi connectivity index (χ2v) is 7.90. The predicted octanol–water partition coefficient (Wildman–Crippen LogP) is 1.56. The van der Waals surface area contributed by atoms with Crippen molar-refractivity contribution in [3.8, 4) is 0 Å². The van der Waals surface area contributed by atoms with Gasteiger partial charge in [-0.25, -0.2) is 5.06 Å². The zero-order valence-electron chi connectivity index (χ0n) is 14.5. The number of carbonyl (C=O) groups is 1. The van der Waals surface area contributed by atoms with Crippen molar-refractivity contribution < 1.29 is 33.5 Å². The smallest absolute Gasteiger partial charge is 0.330 e. The summed E-state index contributed by atoms with van der Waals surface area (Å²) in [6.07, 6.45) is -1.23. The molecule has 0 saturated heterocycles. The zero-order valence-corrected chi connectivity index (χ0v) is 15.4. The molecular formula is C16H26NO7P. The van der Waals surface area contributed by atoms with Crippen LogP contribution in [0.3, 0.4) is 0 Å². The third kappa shape index (κ3) is 8.58. The highest BCUT2D eigenvalue weighted by atomic mass is 31.2. The summed E-state index contributed by atoms with van der Waals surface area (Å²) in [4.78, 5) is 16.4. The van der Waals surface area contributed by atoms with Crippen LogP contribution in [0.1, 0.15) is 18.4 Å². The minimum absolute atomic E-state index is 0.00641. The fourth-order valence-electron chi connectivity index (χ4n) is 2.14. The Balaban J connectivity index is 2.36. The quantitative estimate of drug-likeness (QED) is 0.306. The van der Waals surface area contributed by atoms with Crippen LogP contribution in [-0.4, -0.2) is 60.8 Å². The monoisotopic (exact) mass is 375 g/mol. The zero-order chi connectivity index (χ0) is 18.7. The maximum Gasteiger partial charge on any atom is 0.330 e. The van der Waals surface area contributed by atoms with Crippen LogP contribution in [0.5, 0.6) is 0 Å². The van der Waals surface area contributed by atoms with Gasteiger partial charge in [0.1, 0.15) is 6.61 Å². The number of hydrogen-bond donors (Lipinski definition) is 2. The van der Waals surface area contributed by atoms with Crippen molar-refractivity contribution in [1.82, 2.24) is 5.06 Å². The highest BCUT2D eigenvalue weighted by molar-refractivity contribution is 7.53. The SMILES string of the molecule is COP(=O)(CC[C@@H](O)C[C@@H](O)CN(C=O)OCc1ccccc1)OC. The van der Waals surface area contributed by atoms with Crippen molar-refractivity contribution in [1.29, 1.82) is 0 Å². The number of benzene rings is 1. The summed E-state index contributed by atoms with van der Waals surface area (Å²) in [5.74, 6) is 0. The average molecular weight is 375 g/mol. The Morgan fingerprint density at radius 3 is 2.36 bits per heavy atom. The normalized spacial score (nSPS) is 14.1. The summed E-state index contributed by atoms with van der Waals surface area (Å²) >= 11 is 0. The van der Waals surface area contributed by atoms with E-state index in [1.165, 1.54) is 14.2 Å². The molecule has 0 heterocycles. The highest BCUT2D eigenvalue weighted by Crippen LogP contribution is 2.47. The van der Waals surface area contributed by atoms with E-state index >= 15 is 0 Å². The Morgan fingerprint density at radius 2 is 1.80 bits per heavy atom. The van der Waals surface area contributed by atoms with Gasteiger partial charge in [0.15, 0.2) is 0 Å². The van der Waals surface area contributed by atoms with E-state index < -0.39 is 19.8 Å². The first kappa shape index (κ1) is 21.8. The van der Waals surface area contributed by atoms with Gasteiger partial charge in [0.25, 0.3) is 0 Å². The third-order valence-electron chi connectivity index (χ3n) is 3.58. The summed E-state index contributed by atoms with van der Waals surface area (Å²) in [6, 6.07) is 9.29. The lowest BCUT2D eigenvalue weighted by molar-refractivity contribution is -0.185. The van der Waals surface area contributed by atoms with Crippen molar-refractivity contribution >= 4 is 14.0 Å². The molecule has 0 bridgehead atoms. The molecule has 8 nitrogen and oxygen atoms in total. The molecule has 9 heteroatoms. The van der Waals surface area contributed by atoms with Gasteiger partial charge in [-0.2, -0.15) is 0 Å². The molecule has 0 spiro atoms. The van der Waals surface area contributed by atoms with Crippen LogP contribution in [0.2, 0.25) is 0 Å². The van der Waals surface area contributed by atoms with E-state index in [4.69, 9.17) is 13.9 Å². The molecule has 1 aromatic rings. The molecule has 2 atom stereocenters. The molecule has 142 valence electrons. The Kier molecular flexibility index (Phi) is 9.89. The first-order chi connectivity index (χ1) is 11.9. The van der Waals surface area contributed by atoms with E-state index in [9.17, 15) is 19.6 Å².